The Balaban J connectivity index is 2.01. The number of nitrogens with one attached hydrogen (secondary N) is 1. The highest BCUT2D eigenvalue weighted by Gasteiger charge is 2.34. The lowest BCUT2D eigenvalue weighted by Gasteiger charge is -2.22. The summed E-state index contributed by atoms with van der Waals surface area (Å²) in [7, 11) is 0.279. The standard InChI is InChI=1S/C19H22Cl2N6O5S/c1-11(17(32-4)18-22-8-12(20)9-23-18)33(28,29)26-19-25-24-16(10-30-2)27(19)15-7-13(31-3)5-6-14(15)21/h5-9,11,17H,10H2,1-4H3,(H,25,26). The third-order valence-corrected chi connectivity index (χ3v) is 6.90. The van der Waals surface area contributed by atoms with Gasteiger partial charge in [-0.15, -0.1) is 10.2 Å². The lowest BCUT2D eigenvalue weighted by atomic mass is 10.2. The van der Waals surface area contributed by atoms with Crippen molar-refractivity contribution in [3.63, 3.8) is 0 Å². The second kappa shape index (κ2) is 10.6. The third-order valence-electron chi connectivity index (χ3n) is 4.70. The molecule has 2 heterocycles. The van der Waals surface area contributed by atoms with E-state index in [1.54, 1.807) is 18.2 Å². The Morgan fingerprint density at radius 3 is 2.42 bits per heavy atom. The number of aromatic nitrogens is 5. The van der Waals surface area contributed by atoms with Gasteiger partial charge < -0.3 is 14.2 Å². The van der Waals surface area contributed by atoms with E-state index >= 15 is 0 Å². The van der Waals surface area contributed by atoms with E-state index in [9.17, 15) is 8.42 Å². The first kappa shape index (κ1) is 25.1. The molecular weight excluding hydrogens is 495 g/mol. The maximum absolute atomic E-state index is 13.3. The molecule has 33 heavy (non-hydrogen) atoms. The highest BCUT2D eigenvalue weighted by molar-refractivity contribution is 7.93. The lowest BCUT2D eigenvalue weighted by Crippen LogP contribution is -2.33. The van der Waals surface area contributed by atoms with Gasteiger partial charge in [-0.1, -0.05) is 23.2 Å². The van der Waals surface area contributed by atoms with Gasteiger partial charge in [0.25, 0.3) is 0 Å². The molecule has 2 aromatic heterocycles. The molecular formula is C19H22Cl2N6O5S. The average molecular weight is 517 g/mol. The number of benzene rings is 1. The first-order valence-electron chi connectivity index (χ1n) is 9.50. The van der Waals surface area contributed by atoms with Crippen LogP contribution in [0.5, 0.6) is 5.75 Å². The van der Waals surface area contributed by atoms with Crippen LogP contribution in [0.15, 0.2) is 30.6 Å². The molecule has 0 spiro atoms. The summed E-state index contributed by atoms with van der Waals surface area (Å²) in [4.78, 5) is 8.15. The molecule has 0 bridgehead atoms. The Hall–Kier alpha value is -2.51. The summed E-state index contributed by atoms with van der Waals surface area (Å²) < 4.78 is 46.3. The summed E-state index contributed by atoms with van der Waals surface area (Å²) in [5.41, 5.74) is 0.405. The van der Waals surface area contributed by atoms with Gasteiger partial charge in [0, 0.05) is 32.7 Å². The minimum atomic E-state index is -4.07. The van der Waals surface area contributed by atoms with Crippen molar-refractivity contribution >= 4 is 39.2 Å². The Morgan fingerprint density at radius 2 is 1.82 bits per heavy atom. The van der Waals surface area contributed by atoms with Crippen LogP contribution < -0.4 is 9.46 Å². The van der Waals surface area contributed by atoms with E-state index in [0.29, 0.717) is 27.3 Å². The number of hydrogen-bond donors (Lipinski definition) is 1. The molecule has 11 nitrogen and oxygen atoms in total. The van der Waals surface area contributed by atoms with E-state index in [1.165, 1.54) is 45.2 Å². The van der Waals surface area contributed by atoms with E-state index in [4.69, 9.17) is 37.4 Å². The van der Waals surface area contributed by atoms with E-state index in [-0.39, 0.29) is 18.4 Å². The number of sulfonamides is 1. The molecule has 0 saturated carbocycles. The molecule has 1 N–H and O–H groups in total. The smallest absolute Gasteiger partial charge is 0.243 e. The van der Waals surface area contributed by atoms with Crippen molar-refractivity contribution < 1.29 is 22.6 Å². The Labute approximate surface area is 201 Å². The van der Waals surface area contributed by atoms with Gasteiger partial charge in [0.15, 0.2) is 11.6 Å². The Morgan fingerprint density at radius 1 is 1.12 bits per heavy atom. The molecule has 0 aliphatic carbocycles. The summed E-state index contributed by atoms with van der Waals surface area (Å²) in [6.45, 7) is 1.51. The van der Waals surface area contributed by atoms with Crippen LogP contribution in [0.2, 0.25) is 10.0 Å². The van der Waals surface area contributed by atoms with Crippen LogP contribution in [0, 0.1) is 0 Å². The minimum absolute atomic E-state index is 0.0527. The van der Waals surface area contributed by atoms with Crippen molar-refractivity contribution in [2.45, 2.75) is 24.9 Å². The van der Waals surface area contributed by atoms with Crippen molar-refractivity contribution in [3.05, 3.63) is 52.3 Å². The summed E-state index contributed by atoms with van der Waals surface area (Å²) in [6, 6.07) is 4.92. The summed E-state index contributed by atoms with van der Waals surface area (Å²) in [5.74, 6) is 0.906. The zero-order valence-corrected chi connectivity index (χ0v) is 20.5. The molecule has 178 valence electrons. The van der Waals surface area contributed by atoms with Gasteiger partial charge in [-0.25, -0.2) is 18.4 Å². The van der Waals surface area contributed by atoms with Crippen molar-refractivity contribution in [3.8, 4) is 11.4 Å². The minimum Gasteiger partial charge on any atom is -0.497 e. The van der Waals surface area contributed by atoms with Crippen LogP contribution in [0.3, 0.4) is 0 Å². The van der Waals surface area contributed by atoms with Gasteiger partial charge in [0.2, 0.25) is 16.0 Å². The van der Waals surface area contributed by atoms with Crippen LogP contribution in [0.1, 0.15) is 24.7 Å². The van der Waals surface area contributed by atoms with Crippen LogP contribution in [-0.2, 0) is 26.1 Å². The SMILES string of the molecule is COCc1nnc(NS(=O)(=O)C(C)C(OC)c2ncc(Cl)cn2)n1-c1cc(OC)ccc1Cl. The topological polar surface area (TPSA) is 130 Å². The molecule has 0 fully saturated rings. The first-order valence-corrected chi connectivity index (χ1v) is 11.8. The van der Waals surface area contributed by atoms with Gasteiger partial charge in [-0.05, 0) is 19.1 Å². The average Bonchev–Trinajstić information content (AvgIpc) is 3.17. The van der Waals surface area contributed by atoms with Crippen LogP contribution in [0.25, 0.3) is 5.69 Å². The monoisotopic (exact) mass is 516 g/mol. The maximum atomic E-state index is 13.3. The molecule has 0 aliphatic rings. The number of hydrogen-bond acceptors (Lipinski definition) is 9. The Bertz CT molecular complexity index is 1210. The summed E-state index contributed by atoms with van der Waals surface area (Å²) in [6.07, 6.45) is 1.75. The zero-order valence-electron chi connectivity index (χ0n) is 18.2. The van der Waals surface area contributed by atoms with Gasteiger partial charge in [-0.3, -0.25) is 9.29 Å². The van der Waals surface area contributed by atoms with Gasteiger partial charge in [0.05, 0.1) is 22.8 Å². The van der Waals surface area contributed by atoms with Crippen molar-refractivity contribution in [1.82, 2.24) is 24.7 Å². The molecule has 0 amide bonds. The molecule has 3 aromatic rings. The van der Waals surface area contributed by atoms with E-state index in [1.807, 2.05) is 0 Å². The van der Waals surface area contributed by atoms with E-state index in [0.717, 1.165) is 0 Å². The lowest BCUT2D eigenvalue weighted by molar-refractivity contribution is 0.0950. The predicted molar refractivity (Wildman–Crippen MR) is 122 cm³/mol. The largest absolute Gasteiger partial charge is 0.497 e. The number of rotatable bonds is 10. The fourth-order valence-corrected chi connectivity index (χ4v) is 4.44. The van der Waals surface area contributed by atoms with Crippen molar-refractivity contribution in [2.24, 2.45) is 0 Å². The van der Waals surface area contributed by atoms with Gasteiger partial charge in [-0.2, -0.15) is 0 Å². The van der Waals surface area contributed by atoms with Crippen molar-refractivity contribution in [2.75, 3.05) is 26.1 Å². The zero-order chi connectivity index (χ0) is 24.2. The summed E-state index contributed by atoms with van der Waals surface area (Å²) >= 11 is 12.2. The number of methoxy groups -OCH3 is 3. The second-order valence-electron chi connectivity index (χ2n) is 6.79. The molecule has 0 saturated heterocycles. The van der Waals surface area contributed by atoms with Crippen LogP contribution in [-0.4, -0.2) is 59.7 Å². The van der Waals surface area contributed by atoms with Crippen LogP contribution in [0.4, 0.5) is 5.95 Å². The third kappa shape index (κ3) is 5.53. The second-order valence-corrected chi connectivity index (χ2v) is 9.67. The molecule has 1 aromatic carbocycles. The van der Waals surface area contributed by atoms with Gasteiger partial charge >= 0.3 is 0 Å². The molecule has 3 rings (SSSR count). The first-order chi connectivity index (χ1) is 15.7. The maximum Gasteiger partial charge on any atom is 0.243 e. The predicted octanol–water partition coefficient (Wildman–Crippen LogP) is 3.04. The quantitative estimate of drug-likeness (QED) is 0.431. The highest BCUT2D eigenvalue weighted by Crippen LogP contribution is 2.30. The summed E-state index contributed by atoms with van der Waals surface area (Å²) in [5, 5.41) is 7.57. The molecule has 14 heteroatoms. The Kier molecular flexibility index (Phi) is 8.08. The van der Waals surface area contributed by atoms with Crippen molar-refractivity contribution in [1.29, 1.82) is 0 Å². The number of anilines is 1. The highest BCUT2D eigenvalue weighted by atomic mass is 35.5. The van der Waals surface area contributed by atoms with E-state index < -0.39 is 21.4 Å². The molecule has 2 atom stereocenters. The molecule has 0 aliphatic heterocycles. The van der Waals surface area contributed by atoms with Crippen LogP contribution >= 0.6 is 23.2 Å². The fraction of sp³-hybridized carbons (Fsp3) is 0.368. The number of ether oxygens (including phenoxy) is 3. The normalized spacial score (nSPS) is 13.5. The van der Waals surface area contributed by atoms with Gasteiger partial charge in [0.1, 0.15) is 23.7 Å². The fourth-order valence-electron chi connectivity index (χ4n) is 3.01. The number of halogens is 2. The number of nitrogens with zero attached hydrogens (tertiary/aromatic N) is 5. The van der Waals surface area contributed by atoms with E-state index in [2.05, 4.69) is 24.9 Å². The molecule has 0 radical (unpaired) electrons. The molecule has 2 unspecified atom stereocenters.